The van der Waals surface area contributed by atoms with Crippen LogP contribution in [0.3, 0.4) is 0 Å². The summed E-state index contributed by atoms with van der Waals surface area (Å²) in [5.41, 5.74) is -0.847. The predicted octanol–water partition coefficient (Wildman–Crippen LogP) is 4.83. The number of aliphatic hydroxyl groups is 1. The number of hydrogen-bond acceptors (Lipinski definition) is 4. The summed E-state index contributed by atoms with van der Waals surface area (Å²) in [6, 6.07) is 5.23. The molecular formula is C20H20ClF4N3O2. The van der Waals surface area contributed by atoms with E-state index in [0.29, 0.717) is 17.7 Å². The molecule has 0 amide bonds. The second-order valence-corrected chi connectivity index (χ2v) is 7.13. The lowest BCUT2D eigenvalue weighted by Gasteiger charge is -2.26. The largest absolute Gasteiger partial charge is 0.474 e. The lowest BCUT2D eigenvalue weighted by atomic mass is 10.1. The van der Waals surface area contributed by atoms with Gasteiger partial charge in [-0.1, -0.05) is 6.07 Å². The van der Waals surface area contributed by atoms with Gasteiger partial charge in [-0.15, -0.1) is 22.6 Å². The molecule has 5 nitrogen and oxygen atoms in total. The quantitative estimate of drug-likeness (QED) is 0.571. The number of hydrogen-bond donors (Lipinski definition) is 1. The maximum absolute atomic E-state index is 14.5. The standard InChI is InChI=1S/C20H19F4N3O2.ClH/c1-10(28)11-5-6-13(14(22)7-11)18-25-26-19(27(18)4)20(2,3)29-17-15(23)8-12(21)9-16(17)24;/h5-10,28H,1-4H3;1H. The van der Waals surface area contributed by atoms with Crippen LogP contribution >= 0.6 is 12.4 Å². The lowest BCUT2D eigenvalue weighted by molar-refractivity contribution is 0.0833. The second-order valence-electron chi connectivity index (χ2n) is 7.13. The average molecular weight is 446 g/mol. The van der Waals surface area contributed by atoms with Gasteiger partial charge in [-0.2, -0.15) is 0 Å². The molecule has 0 spiro atoms. The van der Waals surface area contributed by atoms with Crippen molar-refractivity contribution in [3.8, 4) is 17.1 Å². The summed E-state index contributed by atoms with van der Waals surface area (Å²) in [5, 5.41) is 17.5. The molecule has 1 atom stereocenters. The van der Waals surface area contributed by atoms with E-state index in [-0.39, 0.29) is 29.6 Å². The Morgan fingerprint density at radius 2 is 1.60 bits per heavy atom. The Labute approximate surface area is 176 Å². The Kier molecular flexibility index (Phi) is 6.78. The van der Waals surface area contributed by atoms with Gasteiger partial charge >= 0.3 is 0 Å². The van der Waals surface area contributed by atoms with Crippen LogP contribution in [0.2, 0.25) is 0 Å². The molecule has 1 N–H and O–H groups in total. The van der Waals surface area contributed by atoms with Gasteiger partial charge in [-0.05, 0) is 38.5 Å². The van der Waals surface area contributed by atoms with Gasteiger partial charge in [0.25, 0.3) is 0 Å². The van der Waals surface area contributed by atoms with Crippen molar-refractivity contribution in [2.45, 2.75) is 32.5 Å². The van der Waals surface area contributed by atoms with E-state index in [9.17, 15) is 22.7 Å². The Morgan fingerprint density at radius 1 is 1.00 bits per heavy atom. The van der Waals surface area contributed by atoms with Gasteiger partial charge in [-0.25, -0.2) is 17.6 Å². The molecule has 0 fully saturated rings. The highest BCUT2D eigenvalue weighted by Gasteiger charge is 2.32. The van der Waals surface area contributed by atoms with Crippen LogP contribution in [0.4, 0.5) is 17.6 Å². The molecular weight excluding hydrogens is 426 g/mol. The van der Waals surface area contributed by atoms with Gasteiger partial charge in [0.15, 0.2) is 34.6 Å². The van der Waals surface area contributed by atoms with Crippen LogP contribution < -0.4 is 4.74 Å². The molecule has 0 saturated carbocycles. The number of aromatic nitrogens is 3. The van der Waals surface area contributed by atoms with Gasteiger partial charge in [0.2, 0.25) is 0 Å². The van der Waals surface area contributed by atoms with Crippen LogP contribution in [-0.4, -0.2) is 19.9 Å². The summed E-state index contributed by atoms with van der Waals surface area (Å²) >= 11 is 0. The monoisotopic (exact) mass is 445 g/mol. The molecule has 0 saturated heterocycles. The number of benzene rings is 2. The van der Waals surface area contributed by atoms with Crippen molar-refractivity contribution < 1.29 is 27.4 Å². The summed E-state index contributed by atoms with van der Waals surface area (Å²) in [4.78, 5) is 0. The number of halogens is 5. The summed E-state index contributed by atoms with van der Waals surface area (Å²) < 4.78 is 62.4. The minimum absolute atomic E-state index is 0. The predicted molar refractivity (Wildman–Crippen MR) is 104 cm³/mol. The minimum Gasteiger partial charge on any atom is -0.474 e. The average Bonchev–Trinajstić information content (AvgIpc) is 3.00. The van der Waals surface area contributed by atoms with Crippen molar-refractivity contribution >= 4 is 12.4 Å². The van der Waals surface area contributed by atoms with Crippen LogP contribution in [-0.2, 0) is 12.6 Å². The third-order valence-electron chi connectivity index (χ3n) is 4.45. The molecule has 1 heterocycles. The van der Waals surface area contributed by atoms with E-state index in [1.165, 1.54) is 37.5 Å². The number of ether oxygens (including phenoxy) is 1. The topological polar surface area (TPSA) is 60.2 Å². The molecule has 0 aliphatic heterocycles. The van der Waals surface area contributed by atoms with Crippen LogP contribution in [0, 0.1) is 23.3 Å². The maximum Gasteiger partial charge on any atom is 0.192 e. The van der Waals surface area contributed by atoms with E-state index >= 15 is 0 Å². The fourth-order valence-electron chi connectivity index (χ4n) is 2.99. The molecule has 2 aromatic carbocycles. The first-order chi connectivity index (χ1) is 13.5. The van der Waals surface area contributed by atoms with Crippen LogP contribution in [0.1, 0.15) is 38.3 Å². The summed E-state index contributed by atoms with van der Waals surface area (Å²) in [5.74, 6) is -4.51. The summed E-state index contributed by atoms with van der Waals surface area (Å²) in [6.07, 6.45) is -0.832. The SMILES string of the molecule is CC(O)c1ccc(-c2nnc(C(C)(C)Oc3c(F)cc(F)cc3F)n2C)c(F)c1.Cl. The van der Waals surface area contributed by atoms with Crippen molar-refractivity contribution in [3.63, 3.8) is 0 Å². The van der Waals surface area contributed by atoms with Crippen LogP contribution in [0.25, 0.3) is 11.4 Å². The fraction of sp³-hybridized carbons (Fsp3) is 0.300. The fourth-order valence-corrected chi connectivity index (χ4v) is 2.99. The third-order valence-corrected chi connectivity index (χ3v) is 4.45. The van der Waals surface area contributed by atoms with E-state index in [0.717, 1.165) is 0 Å². The van der Waals surface area contributed by atoms with Crippen molar-refractivity contribution in [3.05, 3.63) is 65.0 Å². The highest BCUT2D eigenvalue weighted by atomic mass is 35.5. The van der Waals surface area contributed by atoms with E-state index in [2.05, 4.69) is 10.2 Å². The number of nitrogens with zero attached hydrogens (tertiary/aromatic N) is 3. The van der Waals surface area contributed by atoms with Crippen molar-refractivity contribution in [1.29, 1.82) is 0 Å². The third kappa shape index (κ3) is 4.41. The molecule has 3 rings (SSSR count). The Morgan fingerprint density at radius 3 is 2.13 bits per heavy atom. The molecule has 162 valence electrons. The second kappa shape index (κ2) is 8.61. The van der Waals surface area contributed by atoms with E-state index < -0.39 is 40.7 Å². The summed E-state index contributed by atoms with van der Waals surface area (Å²) in [7, 11) is 1.55. The molecule has 0 aliphatic rings. The van der Waals surface area contributed by atoms with Gasteiger partial charge in [0, 0.05) is 19.2 Å². The smallest absolute Gasteiger partial charge is 0.192 e. The molecule has 1 aromatic heterocycles. The van der Waals surface area contributed by atoms with Crippen molar-refractivity contribution in [2.24, 2.45) is 7.05 Å². The molecule has 3 aromatic rings. The van der Waals surface area contributed by atoms with Gasteiger partial charge in [0.05, 0.1) is 11.7 Å². The van der Waals surface area contributed by atoms with E-state index in [1.54, 1.807) is 13.1 Å². The van der Waals surface area contributed by atoms with Crippen molar-refractivity contribution in [1.82, 2.24) is 14.8 Å². The van der Waals surface area contributed by atoms with Gasteiger partial charge < -0.3 is 14.4 Å². The highest BCUT2D eigenvalue weighted by Crippen LogP contribution is 2.33. The number of aliphatic hydroxyl groups excluding tert-OH is 1. The Hall–Kier alpha value is -2.65. The normalized spacial score (nSPS) is 12.4. The first-order valence-electron chi connectivity index (χ1n) is 8.72. The minimum atomic E-state index is -1.38. The van der Waals surface area contributed by atoms with Gasteiger partial charge in [0.1, 0.15) is 11.6 Å². The zero-order valence-corrected chi connectivity index (χ0v) is 17.4. The molecule has 10 heteroatoms. The van der Waals surface area contributed by atoms with Gasteiger partial charge in [-0.3, -0.25) is 0 Å². The number of rotatable bonds is 5. The zero-order chi connectivity index (χ0) is 21.5. The first kappa shape index (κ1) is 23.6. The Balaban J connectivity index is 0.00000320. The van der Waals surface area contributed by atoms with Crippen molar-refractivity contribution in [2.75, 3.05) is 0 Å². The maximum atomic E-state index is 14.5. The highest BCUT2D eigenvalue weighted by molar-refractivity contribution is 5.85. The van der Waals surface area contributed by atoms with E-state index in [4.69, 9.17) is 4.74 Å². The summed E-state index contributed by atoms with van der Waals surface area (Å²) in [6.45, 7) is 4.51. The lowest BCUT2D eigenvalue weighted by Crippen LogP contribution is -2.30. The van der Waals surface area contributed by atoms with E-state index in [1.807, 2.05) is 0 Å². The zero-order valence-electron chi connectivity index (χ0n) is 16.6. The molecule has 30 heavy (non-hydrogen) atoms. The van der Waals surface area contributed by atoms with Crippen LogP contribution in [0.5, 0.6) is 5.75 Å². The molecule has 0 aliphatic carbocycles. The first-order valence-corrected chi connectivity index (χ1v) is 8.72. The molecule has 0 radical (unpaired) electrons. The van der Waals surface area contributed by atoms with Crippen LogP contribution in [0.15, 0.2) is 30.3 Å². The Bertz CT molecular complexity index is 1050. The molecule has 0 bridgehead atoms. The molecule has 1 unspecified atom stereocenters.